The molecule has 1 unspecified atom stereocenters. The van der Waals surface area contributed by atoms with Gasteiger partial charge in [-0.2, -0.15) is 0 Å². The Morgan fingerprint density at radius 2 is 2.33 bits per heavy atom. The second-order valence-corrected chi connectivity index (χ2v) is 6.48. The maximum Gasteiger partial charge on any atom is 0.0543 e. The largest absolute Gasteiger partial charge is 0.381 e. The van der Waals surface area contributed by atoms with Crippen molar-refractivity contribution >= 4 is 27.3 Å². The molecule has 1 atom stereocenters. The Balaban J connectivity index is 1.91. The number of thiophene rings is 1. The molecule has 4 heteroatoms. The fourth-order valence-corrected chi connectivity index (χ4v) is 4.31. The zero-order valence-corrected chi connectivity index (χ0v) is 10.9. The number of hydrogen-bond donors (Lipinski definition) is 1. The average Bonchev–Trinajstić information content (AvgIpc) is 2.71. The molecule has 2 nitrogen and oxygen atoms in total. The highest BCUT2D eigenvalue weighted by molar-refractivity contribution is 9.10. The van der Waals surface area contributed by atoms with Crippen LogP contribution in [0.3, 0.4) is 0 Å². The standard InChI is InChI=1S/C11H14BrNOS/c12-8-5-9(11(13)2-3-11)15-10(8)7-1-4-14-6-7/h5,7H,1-4,6,13H2. The van der Waals surface area contributed by atoms with E-state index < -0.39 is 0 Å². The number of ether oxygens (including phenoxy) is 1. The molecule has 15 heavy (non-hydrogen) atoms. The monoisotopic (exact) mass is 287 g/mol. The molecule has 0 spiro atoms. The van der Waals surface area contributed by atoms with Gasteiger partial charge in [-0.3, -0.25) is 0 Å². The average molecular weight is 288 g/mol. The van der Waals surface area contributed by atoms with Crippen molar-refractivity contribution in [1.29, 1.82) is 0 Å². The molecule has 0 amide bonds. The van der Waals surface area contributed by atoms with Crippen LogP contribution in [0.25, 0.3) is 0 Å². The van der Waals surface area contributed by atoms with Crippen LogP contribution in [0.2, 0.25) is 0 Å². The van der Waals surface area contributed by atoms with Gasteiger partial charge in [-0.15, -0.1) is 11.3 Å². The highest BCUT2D eigenvalue weighted by Crippen LogP contribution is 2.49. The molecule has 1 saturated carbocycles. The second kappa shape index (κ2) is 3.55. The lowest BCUT2D eigenvalue weighted by molar-refractivity contribution is 0.194. The van der Waals surface area contributed by atoms with Crippen molar-refractivity contribution in [3.63, 3.8) is 0 Å². The van der Waals surface area contributed by atoms with E-state index in [1.807, 2.05) is 11.3 Å². The van der Waals surface area contributed by atoms with Gasteiger partial charge < -0.3 is 10.5 Å². The summed E-state index contributed by atoms with van der Waals surface area (Å²) in [5.41, 5.74) is 6.21. The topological polar surface area (TPSA) is 35.2 Å². The molecule has 2 heterocycles. The van der Waals surface area contributed by atoms with E-state index in [4.69, 9.17) is 10.5 Å². The molecular weight excluding hydrogens is 274 g/mol. The summed E-state index contributed by atoms with van der Waals surface area (Å²) in [5, 5.41) is 0. The lowest BCUT2D eigenvalue weighted by Gasteiger charge is -2.05. The van der Waals surface area contributed by atoms with E-state index in [0.717, 1.165) is 32.5 Å². The minimum Gasteiger partial charge on any atom is -0.381 e. The first-order valence-corrected chi connectivity index (χ1v) is 6.96. The van der Waals surface area contributed by atoms with Crippen LogP contribution >= 0.6 is 27.3 Å². The highest BCUT2D eigenvalue weighted by atomic mass is 79.9. The third-order valence-electron chi connectivity index (χ3n) is 3.29. The first-order chi connectivity index (χ1) is 7.19. The maximum absolute atomic E-state index is 6.21. The number of rotatable bonds is 2. The van der Waals surface area contributed by atoms with Gasteiger partial charge in [0.15, 0.2) is 0 Å². The van der Waals surface area contributed by atoms with Crippen molar-refractivity contribution in [3.8, 4) is 0 Å². The minimum absolute atomic E-state index is 0.00486. The molecule has 0 bridgehead atoms. The Morgan fingerprint density at radius 3 is 2.93 bits per heavy atom. The maximum atomic E-state index is 6.21. The predicted molar refractivity (Wildman–Crippen MR) is 65.3 cm³/mol. The van der Waals surface area contributed by atoms with Gasteiger partial charge >= 0.3 is 0 Å². The summed E-state index contributed by atoms with van der Waals surface area (Å²) in [6.45, 7) is 1.77. The van der Waals surface area contributed by atoms with Gasteiger partial charge in [-0.05, 0) is 41.3 Å². The fraction of sp³-hybridized carbons (Fsp3) is 0.636. The van der Waals surface area contributed by atoms with E-state index in [9.17, 15) is 0 Å². The molecular formula is C11H14BrNOS. The zero-order valence-electron chi connectivity index (χ0n) is 8.46. The van der Waals surface area contributed by atoms with E-state index in [0.29, 0.717) is 5.92 Å². The first-order valence-electron chi connectivity index (χ1n) is 5.35. The number of nitrogens with two attached hydrogens (primary N) is 1. The molecule has 1 aromatic rings. The summed E-state index contributed by atoms with van der Waals surface area (Å²) in [7, 11) is 0. The van der Waals surface area contributed by atoms with Crippen LogP contribution in [0.5, 0.6) is 0 Å². The van der Waals surface area contributed by atoms with Crippen LogP contribution in [0.15, 0.2) is 10.5 Å². The Morgan fingerprint density at radius 1 is 1.53 bits per heavy atom. The molecule has 1 aliphatic carbocycles. The van der Waals surface area contributed by atoms with Gasteiger partial charge in [0.1, 0.15) is 0 Å². The third kappa shape index (κ3) is 1.78. The normalized spacial score (nSPS) is 28.3. The summed E-state index contributed by atoms with van der Waals surface area (Å²) in [6, 6.07) is 2.21. The first kappa shape index (κ1) is 10.3. The SMILES string of the molecule is NC1(c2cc(Br)c(C3CCOC3)s2)CC1. The van der Waals surface area contributed by atoms with Gasteiger partial charge in [0.05, 0.1) is 12.1 Å². The molecule has 2 N–H and O–H groups in total. The quantitative estimate of drug-likeness (QED) is 0.908. The smallest absolute Gasteiger partial charge is 0.0543 e. The zero-order chi connectivity index (χ0) is 10.5. The Bertz CT molecular complexity index is 380. The summed E-state index contributed by atoms with van der Waals surface area (Å²) >= 11 is 5.52. The Labute approximate surface area is 102 Å². The molecule has 1 aromatic heterocycles. The molecule has 3 rings (SSSR count). The lowest BCUT2D eigenvalue weighted by atomic mass is 10.1. The number of halogens is 1. The molecule has 2 fully saturated rings. The molecule has 1 saturated heterocycles. The molecule has 2 aliphatic rings. The highest BCUT2D eigenvalue weighted by Gasteiger charge is 2.42. The van der Waals surface area contributed by atoms with Crippen molar-refractivity contribution in [3.05, 3.63) is 20.3 Å². The lowest BCUT2D eigenvalue weighted by Crippen LogP contribution is -2.16. The van der Waals surface area contributed by atoms with E-state index >= 15 is 0 Å². The van der Waals surface area contributed by atoms with E-state index in [-0.39, 0.29) is 5.54 Å². The molecule has 0 radical (unpaired) electrons. The van der Waals surface area contributed by atoms with Gasteiger partial charge in [0.2, 0.25) is 0 Å². The third-order valence-corrected chi connectivity index (χ3v) is 5.73. The fourth-order valence-electron chi connectivity index (χ4n) is 2.03. The van der Waals surface area contributed by atoms with Crippen molar-refractivity contribution in [1.82, 2.24) is 0 Å². The Hall–Kier alpha value is 0.1000. The van der Waals surface area contributed by atoms with Crippen molar-refractivity contribution in [2.24, 2.45) is 5.73 Å². The van der Waals surface area contributed by atoms with E-state index in [1.165, 1.54) is 14.2 Å². The molecule has 0 aromatic carbocycles. The van der Waals surface area contributed by atoms with Gasteiger partial charge in [-0.1, -0.05) is 0 Å². The molecule has 82 valence electrons. The van der Waals surface area contributed by atoms with Crippen LogP contribution in [-0.2, 0) is 10.3 Å². The minimum atomic E-state index is 0.00486. The second-order valence-electron chi connectivity index (χ2n) is 4.54. The van der Waals surface area contributed by atoms with Crippen LogP contribution in [-0.4, -0.2) is 13.2 Å². The summed E-state index contributed by atoms with van der Waals surface area (Å²) in [4.78, 5) is 2.77. The van der Waals surface area contributed by atoms with E-state index in [2.05, 4.69) is 22.0 Å². The van der Waals surface area contributed by atoms with E-state index in [1.54, 1.807) is 0 Å². The van der Waals surface area contributed by atoms with Gasteiger partial charge in [0.25, 0.3) is 0 Å². The van der Waals surface area contributed by atoms with Crippen molar-refractivity contribution in [2.75, 3.05) is 13.2 Å². The predicted octanol–water partition coefficient (Wildman–Crippen LogP) is 2.96. The van der Waals surface area contributed by atoms with Crippen LogP contribution in [0.1, 0.15) is 34.9 Å². The van der Waals surface area contributed by atoms with Crippen molar-refractivity contribution in [2.45, 2.75) is 30.7 Å². The Kier molecular flexibility index (Phi) is 2.43. The number of hydrogen-bond acceptors (Lipinski definition) is 3. The summed E-state index contributed by atoms with van der Waals surface area (Å²) in [6.07, 6.45) is 3.43. The van der Waals surface area contributed by atoms with Gasteiger partial charge in [0, 0.05) is 26.8 Å². The van der Waals surface area contributed by atoms with Crippen LogP contribution in [0, 0.1) is 0 Å². The van der Waals surface area contributed by atoms with Crippen molar-refractivity contribution < 1.29 is 4.74 Å². The molecule has 1 aliphatic heterocycles. The van der Waals surface area contributed by atoms with Crippen LogP contribution < -0.4 is 5.73 Å². The summed E-state index contributed by atoms with van der Waals surface area (Å²) in [5.74, 6) is 0.584. The van der Waals surface area contributed by atoms with Crippen LogP contribution in [0.4, 0.5) is 0 Å². The summed E-state index contributed by atoms with van der Waals surface area (Å²) < 4.78 is 6.66. The van der Waals surface area contributed by atoms with Gasteiger partial charge in [-0.25, -0.2) is 0 Å².